The lowest BCUT2D eigenvalue weighted by Gasteiger charge is -2.34. The summed E-state index contributed by atoms with van der Waals surface area (Å²) in [6.45, 7) is 5.82. The van der Waals surface area contributed by atoms with Crippen LogP contribution in [0.2, 0.25) is 0 Å². The molecule has 1 aliphatic heterocycles. The summed E-state index contributed by atoms with van der Waals surface area (Å²) in [5.41, 5.74) is 0.574. The van der Waals surface area contributed by atoms with Gasteiger partial charge in [0.25, 0.3) is 0 Å². The molecule has 1 aromatic carbocycles. The van der Waals surface area contributed by atoms with Gasteiger partial charge in [0.1, 0.15) is 0 Å². The number of hydrogen-bond acceptors (Lipinski definition) is 4. The van der Waals surface area contributed by atoms with E-state index >= 15 is 0 Å². The second-order valence-corrected chi connectivity index (χ2v) is 7.22. The van der Waals surface area contributed by atoms with Crippen LogP contribution < -0.4 is 5.32 Å². The number of nitrogens with zero attached hydrogens (tertiary/aromatic N) is 1. The number of anilines is 1. The van der Waals surface area contributed by atoms with Gasteiger partial charge in [-0.2, -0.15) is 4.31 Å². The molecule has 0 bridgehead atoms. The molecule has 1 fully saturated rings. The van der Waals surface area contributed by atoms with Gasteiger partial charge in [0, 0.05) is 25.7 Å². The predicted molar refractivity (Wildman–Crippen MR) is 79.5 cm³/mol. The maximum absolute atomic E-state index is 12.6. The maximum Gasteiger partial charge on any atom is 0.243 e. The number of benzene rings is 1. The lowest BCUT2D eigenvalue weighted by atomic mass is 10.3. The van der Waals surface area contributed by atoms with Crippen molar-refractivity contribution in [2.45, 2.75) is 37.9 Å². The van der Waals surface area contributed by atoms with Gasteiger partial charge in [0.2, 0.25) is 15.9 Å². The molecule has 116 valence electrons. The van der Waals surface area contributed by atoms with E-state index in [-0.39, 0.29) is 23.0 Å². The Hall–Kier alpha value is -1.44. The van der Waals surface area contributed by atoms with E-state index in [1.807, 2.05) is 13.8 Å². The van der Waals surface area contributed by atoms with E-state index < -0.39 is 10.0 Å². The van der Waals surface area contributed by atoms with Crippen molar-refractivity contribution in [3.63, 3.8) is 0 Å². The summed E-state index contributed by atoms with van der Waals surface area (Å²) >= 11 is 0. The van der Waals surface area contributed by atoms with Gasteiger partial charge in [-0.15, -0.1) is 0 Å². The van der Waals surface area contributed by atoms with Crippen LogP contribution >= 0.6 is 0 Å². The minimum atomic E-state index is -3.53. The van der Waals surface area contributed by atoms with E-state index in [1.54, 1.807) is 12.1 Å². The Morgan fingerprint density at radius 1 is 1.19 bits per heavy atom. The lowest BCUT2D eigenvalue weighted by Crippen LogP contribution is -2.48. The van der Waals surface area contributed by atoms with Crippen molar-refractivity contribution in [3.8, 4) is 0 Å². The molecular formula is C14H20N2O4S. The Morgan fingerprint density at radius 3 is 2.19 bits per heavy atom. The molecular weight excluding hydrogens is 292 g/mol. The van der Waals surface area contributed by atoms with Crippen molar-refractivity contribution in [3.05, 3.63) is 24.3 Å². The molecule has 0 radical (unpaired) electrons. The first-order valence-electron chi connectivity index (χ1n) is 6.82. The van der Waals surface area contributed by atoms with E-state index in [4.69, 9.17) is 4.74 Å². The van der Waals surface area contributed by atoms with Gasteiger partial charge in [-0.1, -0.05) is 0 Å². The normalized spacial score (nSPS) is 23.8. The molecule has 1 heterocycles. The molecule has 0 spiro atoms. The molecule has 1 aromatic rings. The Balaban J connectivity index is 2.21. The number of ether oxygens (including phenoxy) is 1. The second-order valence-electron chi connectivity index (χ2n) is 5.28. The SMILES string of the molecule is CC(=O)Nc1ccc(S(=O)(=O)N2CC(C)OC(C)C2)cc1. The highest BCUT2D eigenvalue weighted by atomic mass is 32.2. The van der Waals surface area contributed by atoms with Gasteiger partial charge < -0.3 is 10.1 Å². The summed E-state index contributed by atoms with van der Waals surface area (Å²) in [5, 5.41) is 2.61. The molecule has 1 amide bonds. The van der Waals surface area contributed by atoms with E-state index in [1.165, 1.54) is 23.4 Å². The molecule has 1 aliphatic rings. The summed E-state index contributed by atoms with van der Waals surface area (Å²) in [4.78, 5) is 11.2. The first-order chi connectivity index (χ1) is 9.79. The van der Waals surface area contributed by atoms with Crippen LogP contribution in [0.3, 0.4) is 0 Å². The zero-order valence-electron chi connectivity index (χ0n) is 12.4. The highest BCUT2D eigenvalue weighted by Crippen LogP contribution is 2.22. The van der Waals surface area contributed by atoms with Crippen molar-refractivity contribution in [1.82, 2.24) is 4.31 Å². The number of sulfonamides is 1. The van der Waals surface area contributed by atoms with Crippen LogP contribution in [0.15, 0.2) is 29.2 Å². The molecule has 0 saturated carbocycles. The molecule has 0 aromatic heterocycles. The third-order valence-corrected chi connectivity index (χ3v) is 5.04. The minimum absolute atomic E-state index is 0.123. The van der Waals surface area contributed by atoms with Gasteiger partial charge in [-0.25, -0.2) is 8.42 Å². The molecule has 2 unspecified atom stereocenters. The summed E-state index contributed by atoms with van der Waals surface area (Å²) in [5.74, 6) is -0.193. The van der Waals surface area contributed by atoms with Crippen LogP contribution in [0.1, 0.15) is 20.8 Å². The Bertz CT molecular complexity index is 602. The summed E-state index contributed by atoms with van der Waals surface area (Å²) in [6.07, 6.45) is -0.246. The Labute approximate surface area is 125 Å². The second kappa shape index (κ2) is 6.13. The number of carbonyl (C=O) groups is 1. The van der Waals surface area contributed by atoms with E-state index in [0.717, 1.165) is 0 Å². The average molecular weight is 312 g/mol. The quantitative estimate of drug-likeness (QED) is 0.916. The van der Waals surface area contributed by atoms with Gasteiger partial charge in [0.15, 0.2) is 0 Å². The molecule has 1 saturated heterocycles. The number of nitrogens with one attached hydrogen (secondary N) is 1. The molecule has 6 nitrogen and oxygen atoms in total. The van der Waals surface area contributed by atoms with Crippen molar-refractivity contribution in [2.24, 2.45) is 0 Å². The van der Waals surface area contributed by atoms with Gasteiger partial charge in [-0.05, 0) is 38.1 Å². The zero-order chi connectivity index (χ0) is 15.6. The number of rotatable bonds is 3. The fraction of sp³-hybridized carbons (Fsp3) is 0.500. The number of hydrogen-bond donors (Lipinski definition) is 1. The van der Waals surface area contributed by atoms with Crippen LogP contribution in [-0.4, -0.2) is 43.9 Å². The van der Waals surface area contributed by atoms with Crippen LogP contribution in [0.5, 0.6) is 0 Å². The smallest absolute Gasteiger partial charge is 0.243 e. The topological polar surface area (TPSA) is 75.7 Å². The number of amides is 1. The van der Waals surface area contributed by atoms with Gasteiger partial charge in [-0.3, -0.25) is 4.79 Å². The molecule has 21 heavy (non-hydrogen) atoms. The summed E-state index contributed by atoms with van der Waals surface area (Å²) < 4.78 is 32.2. The van der Waals surface area contributed by atoms with Crippen LogP contribution in [-0.2, 0) is 19.6 Å². The maximum atomic E-state index is 12.6. The third kappa shape index (κ3) is 3.81. The minimum Gasteiger partial charge on any atom is -0.373 e. The third-order valence-electron chi connectivity index (χ3n) is 3.20. The molecule has 2 atom stereocenters. The van der Waals surface area contributed by atoms with E-state index in [9.17, 15) is 13.2 Å². The first kappa shape index (κ1) is 15.9. The highest BCUT2D eigenvalue weighted by Gasteiger charge is 2.32. The Morgan fingerprint density at radius 2 is 1.71 bits per heavy atom. The number of morpholine rings is 1. The monoisotopic (exact) mass is 312 g/mol. The lowest BCUT2D eigenvalue weighted by molar-refractivity contribution is -0.114. The standard InChI is InChI=1S/C14H20N2O4S/c1-10-8-16(9-11(2)20-10)21(18,19)14-6-4-13(5-7-14)15-12(3)17/h4-7,10-11H,8-9H2,1-3H3,(H,15,17). The molecule has 7 heteroatoms. The molecule has 1 N–H and O–H groups in total. The van der Waals surface area contributed by atoms with Gasteiger partial charge >= 0.3 is 0 Å². The predicted octanol–water partition coefficient (Wildman–Crippen LogP) is 1.44. The summed E-state index contributed by atoms with van der Waals surface area (Å²) in [6, 6.07) is 6.18. The largest absolute Gasteiger partial charge is 0.373 e. The molecule has 2 rings (SSSR count). The Kier molecular flexibility index (Phi) is 4.65. The fourth-order valence-corrected chi connectivity index (χ4v) is 3.98. The number of carbonyl (C=O) groups excluding carboxylic acids is 1. The fourth-order valence-electron chi connectivity index (χ4n) is 2.39. The van der Waals surface area contributed by atoms with Crippen molar-refractivity contribution in [2.75, 3.05) is 18.4 Å². The van der Waals surface area contributed by atoms with Crippen LogP contribution in [0, 0.1) is 0 Å². The van der Waals surface area contributed by atoms with E-state index in [0.29, 0.717) is 18.8 Å². The van der Waals surface area contributed by atoms with E-state index in [2.05, 4.69) is 5.32 Å². The molecule has 0 aliphatic carbocycles. The van der Waals surface area contributed by atoms with Crippen molar-refractivity contribution >= 4 is 21.6 Å². The van der Waals surface area contributed by atoms with Crippen LogP contribution in [0.4, 0.5) is 5.69 Å². The van der Waals surface area contributed by atoms with Crippen molar-refractivity contribution < 1.29 is 17.9 Å². The first-order valence-corrected chi connectivity index (χ1v) is 8.26. The highest BCUT2D eigenvalue weighted by molar-refractivity contribution is 7.89. The summed E-state index contributed by atoms with van der Waals surface area (Å²) in [7, 11) is -3.53. The van der Waals surface area contributed by atoms with Crippen molar-refractivity contribution in [1.29, 1.82) is 0 Å². The van der Waals surface area contributed by atoms with Crippen LogP contribution in [0.25, 0.3) is 0 Å². The average Bonchev–Trinajstić information content (AvgIpc) is 2.37. The zero-order valence-corrected chi connectivity index (χ0v) is 13.2. The van der Waals surface area contributed by atoms with Gasteiger partial charge in [0.05, 0.1) is 17.1 Å².